The van der Waals surface area contributed by atoms with Gasteiger partial charge >= 0.3 is 0 Å². The Morgan fingerprint density at radius 1 is 1.40 bits per heavy atom. The third-order valence-electron chi connectivity index (χ3n) is 2.14. The van der Waals surface area contributed by atoms with Crippen LogP contribution >= 0.6 is 0 Å². The van der Waals surface area contributed by atoms with Gasteiger partial charge in [-0.2, -0.15) is 5.26 Å². The molecule has 0 heterocycles. The third-order valence-corrected chi connectivity index (χ3v) is 2.14. The molecule has 1 rings (SSSR count). The fourth-order valence-corrected chi connectivity index (χ4v) is 1.24. The molecule has 15 heavy (non-hydrogen) atoms. The molecule has 0 fully saturated rings. The van der Waals surface area contributed by atoms with E-state index in [1.54, 1.807) is 0 Å². The van der Waals surface area contributed by atoms with E-state index < -0.39 is 0 Å². The first-order valence-corrected chi connectivity index (χ1v) is 4.92. The predicted octanol–water partition coefficient (Wildman–Crippen LogP) is 1.81. The molecule has 0 aliphatic rings. The molecule has 0 aliphatic heterocycles. The number of hydrogen-bond donors (Lipinski definition) is 0. The van der Waals surface area contributed by atoms with E-state index in [4.69, 9.17) is 10.00 Å². The molecule has 0 aliphatic carbocycles. The van der Waals surface area contributed by atoms with Gasteiger partial charge < -0.3 is 9.64 Å². The quantitative estimate of drug-likeness (QED) is 0.750. The first kappa shape index (κ1) is 11.5. The van der Waals surface area contributed by atoms with Gasteiger partial charge in [0.1, 0.15) is 18.4 Å². The first-order valence-electron chi connectivity index (χ1n) is 4.92. The Kier molecular flexibility index (Phi) is 4.14. The molecule has 0 unspecified atom stereocenters. The van der Waals surface area contributed by atoms with Gasteiger partial charge in [-0.3, -0.25) is 0 Å². The highest BCUT2D eigenvalue weighted by Crippen LogP contribution is 2.20. The summed E-state index contributed by atoms with van der Waals surface area (Å²) in [7, 11) is 3.98. The van der Waals surface area contributed by atoms with Crippen molar-refractivity contribution in [2.75, 3.05) is 27.2 Å². The summed E-state index contributed by atoms with van der Waals surface area (Å²) in [6, 6.07) is 7.82. The molecule has 1 aromatic rings. The van der Waals surface area contributed by atoms with Gasteiger partial charge in [-0.25, -0.2) is 0 Å². The van der Waals surface area contributed by atoms with E-state index in [-0.39, 0.29) is 0 Å². The highest BCUT2D eigenvalue weighted by Gasteiger charge is 2.05. The molecule has 3 nitrogen and oxygen atoms in total. The average Bonchev–Trinajstić information content (AvgIpc) is 2.17. The monoisotopic (exact) mass is 204 g/mol. The van der Waals surface area contributed by atoms with Gasteiger partial charge in [-0.1, -0.05) is 12.1 Å². The van der Waals surface area contributed by atoms with Crippen molar-refractivity contribution in [2.24, 2.45) is 0 Å². The van der Waals surface area contributed by atoms with Crippen molar-refractivity contribution in [1.29, 1.82) is 5.26 Å². The predicted molar refractivity (Wildman–Crippen MR) is 59.9 cm³/mol. The number of likely N-dealkylation sites (N-methyl/N-ethyl adjacent to an activating group) is 1. The van der Waals surface area contributed by atoms with Crippen LogP contribution in [0.2, 0.25) is 0 Å². The molecule has 0 aromatic heterocycles. The van der Waals surface area contributed by atoms with Crippen molar-refractivity contribution in [3.8, 4) is 11.8 Å². The summed E-state index contributed by atoms with van der Waals surface area (Å²) >= 11 is 0. The number of benzene rings is 1. The normalized spacial score (nSPS) is 10.1. The van der Waals surface area contributed by atoms with E-state index in [0.717, 1.165) is 12.1 Å². The van der Waals surface area contributed by atoms with Crippen LogP contribution < -0.4 is 4.74 Å². The molecule has 80 valence electrons. The molecule has 0 N–H and O–H groups in total. The van der Waals surface area contributed by atoms with E-state index in [1.165, 1.54) is 0 Å². The fraction of sp³-hybridized carbons (Fsp3) is 0.417. The van der Waals surface area contributed by atoms with Crippen molar-refractivity contribution in [1.82, 2.24) is 4.90 Å². The van der Waals surface area contributed by atoms with Gasteiger partial charge in [0.05, 0.1) is 5.56 Å². The molecular weight excluding hydrogens is 188 g/mol. The Hall–Kier alpha value is -1.53. The average molecular weight is 204 g/mol. The van der Waals surface area contributed by atoms with Crippen LogP contribution in [0.1, 0.15) is 11.1 Å². The molecular formula is C12H16N2O. The lowest BCUT2D eigenvalue weighted by atomic mass is 10.1. The van der Waals surface area contributed by atoms with Crippen molar-refractivity contribution >= 4 is 0 Å². The molecule has 0 saturated heterocycles. The van der Waals surface area contributed by atoms with Gasteiger partial charge in [0.2, 0.25) is 0 Å². The topological polar surface area (TPSA) is 36.3 Å². The third kappa shape index (κ3) is 3.26. The lowest BCUT2D eigenvalue weighted by Crippen LogP contribution is -2.19. The minimum Gasteiger partial charge on any atom is -0.491 e. The lowest BCUT2D eigenvalue weighted by molar-refractivity contribution is 0.261. The van der Waals surface area contributed by atoms with Crippen LogP contribution in [-0.4, -0.2) is 32.1 Å². The summed E-state index contributed by atoms with van der Waals surface area (Å²) in [5.74, 6) is 0.680. The van der Waals surface area contributed by atoms with E-state index in [0.29, 0.717) is 17.9 Å². The van der Waals surface area contributed by atoms with Crippen LogP contribution in [0.4, 0.5) is 0 Å². The summed E-state index contributed by atoms with van der Waals surface area (Å²) < 4.78 is 5.56. The van der Waals surface area contributed by atoms with Crippen LogP contribution in [0, 0.1) is 18.3 Å². The number of nitrogens with zero attached hydrogens (tertiary/aromatic N) is 2. The van der Waals surface area contributed by atoms with Crippen molar-refractivity contribution in [2.45, 2.75) is 6.92 Å². The number of hydrogen-bond acceptors (Lipinski definition) is 3. The van der Waals surface area contributed by atoms with E-state index in [9.17, 15) is 0 Å². The zero-order chi connectivity index (χ0) is 11.3. The van der Waals surface area contributed by atoms with Crippen molar-refractivity contribution < 1.29 is 4.74 Å². The van der Waals surface area contributed by atoms with Gasteiger partial charge in [-0.15, -0.1) is 0 Å². The van der Waals surface area contributed by atoms with Gasteiger partial charge in [0, 0.05) is 6.54 Å². The molecule has 0 radical (unpaired) electrons. The van der Waals surface area contributed by atoms with Crippen molar-refractivity contribution in [3.05, 3.63) is 29.3 Å². The second-order valence-electron chi connectivity index (χ2n) is 3.71. The van der Waals surface area contributed by atoms with E-state index >= 15 is 0 Å². The van der Waals surface area contributed by atoms with Crippen molar-refractivity contribution in [3.63, 3.8) is 0 Å². The molecule has 0 bridgehead atoms. The maximum atomic E-state index is 8.97. The molecule has 1 aromatic carbocycles. The minimum atomic E-state index is 0.602. The summed E-state index contributed by atoms with van der Waals surface area (Å²) in [5.41, 5.74) is 1.59. The zero-order valence-corrected chi connectivity index (χ0v) is 9.45. The minimum absolute atomic E-state index is 0.602. The highest BCUT2D eigenvalue weighted by atomic mass is 16.5. The SMILES string of the molecule is Cc1cccc(OCCN(C)C)c1C#N. The highest BCUT2D eigenvalue weighted by molar-refractivity contribution is 5.48. The molecule has 0 saturated carbocycles. The second kappa shape index (κ2) is 5.38. The summed E-state index contributed by atoms with van der Waals surface area (Å²) in [6.45, 7) is 3.36. The van der Waals surface area contributed by atoms with E-state index in [2.05, 4.69) is 6.07 Å². The molecule has 0 atom stereocenters. The Labute approximate surface area is 90.9 Å². The molecule has 0 spiro atoms. The molecule has 3 heteroatoms. The number of aryl methyl sites for hydroxylation is 1. The first-order chi connectivity index (χ1) is 7.15. The van der Waals surface area contributed by atoms with Crippen LogP contribution in [0.3, 0.4) is 0 Å². The van der Waals surface area contributed by atoms with Crippen LogP contribution in [0.5, 0.6) is 5.75 Å². The lowest BCUT2D eigenvalue weighted by Gasteiger charge is -2.12. The number of nitriles is 1. The Morgan fingerprint density at radius 3 is 2.73 bits per heavy atom. The summed E-state index contributed by atoms with van der Waals surface area (Å²) in [6.07, 6.45) is 0. The van der Waals surface area contributed by atoms with Gasteiger partial charge in [0.25, 0.3) is 0 Å². The maximum Gasteiger partial charge on any atom is 0.137 e. The second-order valence-corrected chi connectivity index (χ2v) is 3.71. The summed E-state index contributed by atoms with van der Waals surface area (Å²) in [4.78, 5) is 2.04. The molecule has 0 amide bonds. The van der Waals surface area contributed by atoms with Gasteiger partial charge in [0.15, 0.2) is 0 Å². The fourth-order valence-electron chi connectivity index (χ4n) is 1.24. The van der Waals surface area contributed by atoms with Crippen LogP contribution in [0.25, 0.3) is 0 Å². The number of rotatable bonds is 4. The van der Waals surface area contributed by atoms with E-state index in [1.807, 2.05) is 44.1 Å². The zero-order valence-electron chi connectivity index (χ0n) is 9.45. The van der Waals surface area contributed by atoms with Crippen LogP contribution in [0.15, 0.2) is 18.2 Å². The number of ether oxygens (including phenoxy) is 1. The Balaban J connectivity index is 2.69. The summed E-state index contributed by atoms with van der Waals surface area (Å²) in [5, 5.41) is 8.97. The van der Waals surface area contributed by atoms with Crippen LogP contribution in [-0.2, 0) is 0 Å². The largest absolute Gasteiger partial charge is 0.491 e. The Bertz CT molecular complexity index is 366. The standard InChI is InChI=1S/C12H16N2O/c1-10-5-4-6-12(11(10)9-13)15-8-7-14(2)3/h4-6H,7-8H2,1-3H3. The maximum absolute atomic E-state index is 8.97. The van der Waals surface area contributed by atoms with Gasteiger partial charge in [-0.05, 0) is 32.6 Å². The smallest absolute Gasteiger partial charge is 0.137 e. The Morgan fingerprint density at radius 2 is 2.13 bits per heavy atom.